The van der Waals surface area contributed by atoms with Crippen LogP contribution >= 0.6 is 30.4 Å². The standard InChI is InChI=1S/C62H60O12P4/c63-75(64,65)33-43-1-9-47(10-2-43)51-17-25-55(26-18-51)59-37-60(56-27-19-52(20-28-56)48-11-3-44(4-12-48)34-76(66,67)68)40-61(38-59,57-29-21-53(22-30-57)49-13-5-45(6-14-49)35-77(69,70)71)42-62(39-59,41-60)58-31-23-54(24-32-58)50-15-7-46(8-16-50)36-78(72,73)74/h1-32H,33-42H2,(H2,63,64,65)(H2,66,67,68)(H2,69,70,71)(H2,72,73,74). The second kappa shape index (κ2) is 20.2. The zero-order valence-corrected chi connectivity index (χ0v) is 46.1. The molecule has 0 radical (unpaired) electrons. The summed E-state index contributed by atoms with van der Waals surface area (Å²) in [5, 5.41) is 0. The molecule has 78 heavy (non-hydrogen) atoms. The molecular weight excluding hydrogens is 1060 g/mol. The molecule has 0 atom stereocenters. The fourth-order valence-electron chi connectivity index (χ4n) is 14.1. The normalized spacial score (nSPS) is 22.2. The Kier molecular flexibility index (Phi) is 14.0. The predicted molar refractivity (Wildman–Crippen MR) is 305 cm³/mol. The molecule has 12 rings (SSSR count). The summed E-state index contributed by atoms with van der Waals surface area (Å²) in [4.78, 5) is 76.9. The Hall–Kier alpha value is -5.64. The van der Waals surface area contributed by atoms with Crippen LogP contribution in [-0.4, -0.2) is 39.1 Å². The number of hydrogen-bond donors (Lipinski definition) is 8. The smallest absolute Gasteiger partial charge is 0.324 e. The fraction of sp³-hybridized carbons (Fsp3) is 0.226. The topological polar surface area (TPSA) is 230 Å². The molecule has 8 N–H and O–H groups in total. The maximum atomic E-state index is 11.8. The Morgan fingerprint density at radius 2 is 0.359 bits per heavy atom. The number of rotatable bonds is 16. The molecule has 4 bridgehead atoms. The number of hydrogen-bond acceptors (Lipinski definition) is 4. The van der Waals surface area contributed by atoms with Gasteiger partial charge in [-0.05, 0) is 149 Å². The molecule has 12 nitrogen and oxygen atoms in total. The minimum Gasteiger partial charge on any atom is -0.324 e. The molecule has 4 fully saturated rings. The summed E-state index contributed by atoms with van der Waals surface area (Å²) in [6.45, 7) is 0. The molecule has 0 heterocycles. The Morgan fingerprint density at radius 3 is 0.487 bits per heavy atom. The van der Waals surface area contributed by atoms with Gasteiger partial charge in [-0.15, -0.1) is 0 Å². The first-order valence-corrected chi connectivity index (χ1v) is 33.0. The third-order valence-electron chi connectivity index (χ3n) is 16.8. The lowest BCUT2D eigenvalue weighted by Gasteiger charge is -2.71. The van der Waals surface area contributed by atoms with Gasteiger partial charge in [0, 0.05) is 0 Å². The summed E-state index contributed by atoms with van der Waals surface area (Å²) < 4.78 is 47.1. The van der Waals surface area contributed by atoms with Gasteiger partial charge >= 0.3 is 30.4 Å². The van der Waals surface area contributed by atoms with E-state index in [9.17, 15) is 57.4 Å². The van der Waals surface area contributed by atoms with Crippen LogP contribution in [0.15, 0.2) is 194 Å². The van der Waals surface area contributed by atoms with E-state index in [1.165, 1.54) is 22.3 Å². The summed E-state index contributed by atoms with van der Waals surface area (Å²) >= 11 is 0. The SMILES string of the molecule is O=P(O)(O)Cc1ccc(-c2ccc(C34CC5(c6ccc(-c7ccc(CP(=O)(O)O)cc7)cc6)CC(c6ccc(-c7ccc(CP(=O)(O)O)cc7)cc6)(C3)CC(c3ccc(-c6ccc(CP(=O)(O)O)cc6)cc3)(C4)C5)cc2)cc1. The Bertz CT molecular complexity index is 3160. The molecule has 0 saturated heterocycles. The van der Waals surface area contributed by atoms with Gasteiger partial charge in [0.15, 0.2) is 0 Å². The monoisotopic (exact) mass is 1120 g/mol. The summed E-state index contributed by atoms with van der Waals surface area (Å²) in [6, 6.07) is 64.9. The van der Waals surface area contributed by atoms with E-state index in [4.69, 9.17) is 0 Å². The van der Waals surface area contributed by atoms with Crippen LogP contribution in [0.5, 0.6) is 0 Å². The van der Waals surface area contributed by atoms with E-state index in [1.54, 1.807) is 48.5 Å². The first-order valence-electron chi connectivity index (χ1n) is 25.8. The first kappa shape index (κ1) is 54.3. The molecule has 4 aliphatic carbocycles. The van der Waals surface area contributed by atoms with Crippen molar-refractivity contribution in [2.45, 2.75) is 84.8 Å². The minimum absolute atomic E-state index is 0.311. The zero-order valence-electron chi connectivity index (χ0n) is 42.5. The summed E-state index contributed by atoms with van der Waals surface area (Å²) in [6.07, 6.45) is 4.08. The number of benzene rings is 8. The molecule has 0 amide bonds. The predicted octanol–water partition coefficient (Wildman–Crippen LogP) is 13.5. The average molecular weight is 1120 g/mol. The van der Waals surface area contributed by atoms with Crippen LogP contribution in [0.1, 0.15) is 83.0 Å². The van der Waals surface area contributed by atoms with E-state index in [0.717, 1.165) is 83.0 Å². The van der Waals surface area contributed by atoms with E-state index < -0.39 is 30.4 Å². The molecule has 4 saturated carbocycles. The van der Waals surface area contributed by atoms with Gasteiger partial charge in [0.1, 0.15) is 0 Å². The highest BCUT2D eigenvalue weighted by atomic mass is 31.2. The van der Waals surface area contributed by atoms with Gasteiger partial charge < -0.3 is 39.1 Å². The van der Waals surface area contributed by atoms with Crippen molar-refractivity contribution in [2.75, 3.05) is 0 Å². The van der Waals surface area contributed by atoms with E-state index >= 15 is 0 Å². The van der Waals surface area contributed by atoms with Gasteiger partial charge in [0.25, 0.3) is 0 Å². The molecular formula is C62H60O12P4. The Balaban J connectivity index is 1.03. The van der Waals surface area contributed by atoms with Crippen LogP contribution in [-0.2, 0) is 64.6 Å². The molecule has 8 aromatic rings. The Labute approximate surface area is 453 Å². The van der Waals surface area contributed by atoms with Crippen molar-refractivity contribution in [1.29, 1.82) is 0 Å². The van der Waals surface area contributed by atoms with Gasteiger partial charge in [-0.25, -0.2) is 0 Å². The van der Waals surface area contributed by atoms with Crippen LogP contribution in [0.4, 0.5) is 0 Å². The van der Waals surface area contributed by atoms with Crippen LogP contribution in [0.2, 0.25) is 0 Å². The van der Waals surface area contributed by atoms with Crippen molar-refractivity contribution in [3.63, 3.8) is 0 Å². The molecule has 0 unspecified atom stereocenters. The molecule has 4 aliphatic rings. The minimum atomic E-state index is -4.23. The third kappa shape index (κ3) is 11.7. The zero-order chi connectivity index (χ0) is 54.9. The van der Waals surface area contributed by atoms with E-state index in [0.29, 0.717) is 22.3 Å². The van der Waals surface area contributed by atoms with E-state index in [1.807, 2.05) is 48.5 Å². The van der Waals surface area contributed by atoms with Gasteiger partial charge in [0.2, 0.25) is 0 Å². The average Bonchev–Trinajstić information content (AvgIpc) is 1.77. The molecule has 0 spiro atoms. The third-order valence-corrected chi connectivity index (χ3v) is 19.9. The van der Waals surface area contributed by atoms with Gasteiger partial charge in [-0.1, -0.05) is 194 Å². The summed E-state index contributed by atoms with van der Waals surface area (Å²) in [5.74, 6) is 0. The van der Waals surface area contributed by atoms with Crippen molar-refractivity contribution in [3.05, 3.63) is 239 Å². The Morgan fingerprint density at radius 1 is 0.231 bits per heavy atom. The molecule has 0 aliphatic heterocycles. The van der Waals surface area contributed by atoms with E-state index in [2.05, 4.69) is 97.1 Å². The van der Waals surface area contributed by atoms with Crippen molar-refractivity contribution in [1.82, 2.24) is 0 Å². The second-order valence-electron chi connectivity index (χ2n) is 22.6. The van der Waals surface area contributed by atoms with Crippen LogP contribution < -0.4 is 0 Å². The molecule has 16 heteroatoms. The lowest BCUT2D eigenvalue weighted by molar-refractivity contribution is -0.0691. The fourth-order valence-corrected chi connectivity index (χ4v) is 16.8. The highest BCUT2D eigenvalue weighted by Gasteiger charge is 2.69. The lowest BCUT2D eigenvalue weighted by Crippen LogP contribution is -2.67. The quantitative estimate of drug-likeness (QED) is 0.0423. The van der Waals surface area contributed by atoms with Crippen LogP contribution in [0.3, 0.4) is 0 Å². The maximum Gasteiger partial charge on any atom is 0.329 e. The van der Waals surface area contributed by atoms with Gasteiger partial charge in [0.05, 0.1) is 24.6 Å². The van der Waals surface area contributed by atoms with Crippen molar-refractivity contribution in [3.8, 4) is 44.5 Å². The molecule has 0 aromatic heterocycles. The first-order chi connectivity index (χ1) is 36.8. The van der Waals surface area contributed by atoms with Crippen molar-refractivity contribution >= 4 is 30.4 Å². The summed E-state index contributed by atoms with van der Waals surface area (Å²) in [7, 11) is -16.9. The van der Waals surface area contributed by atoms with E-state index in [-0.39, 0.29) is 46.3 Å². The highest BCUT2D eigenvalue weighted by Crippen LogP contribution is 2.75. The van der Waals surface area contributed by atoms with Crippen LogP contribution in [0.25, 0.3) is 44.5 Å². The van der Waals surface area contributed by atoms with Crippen molar-refractivity contribution in [2.24, 2.45) is 0 Å². The highest BCUT2D eigenvalue weighted by molar-refractivity contribution is 7.51. The lowest BCUT2D eigenvalue weighted by atomic mass is 9.32. The molecule has 8 aromatic carbocycles. The largest absolute Gasteiger partial charge is 0.329 e. The molecule has 400 valence electrons. The van der Waals surface area contributed by atoms with Gasteiger partial charge in [-0.3, -0.25) is 18.3 Å². The van der Waals surface area contributed by atoms with Gasteiger partial charge in [-0.2, -0.15) is 0 Å². The van der Waals surface area contributed by atoms with Crippen molar-refractivity contribution < 1.29 is 57.4 Å². The summed E-state index contributed by atoms with van der Waals surface area (Å²) in [5.41, 5.74) is 13.7. The maximum absolute atomic E-state index is 11.8. The van der Waals surface area contributed by atoms with Crippen LogP contribution in [0, 0.1) is 0 Å². The second-order valence-corrected chi connectivity index (χ2v) is 29.2.